The van der Waals surface area contributed by atoms with Crippen LogP contribution in [0.4, 0.5) is 0 Å². The summed E-state index contributed by atoms with van der Waals surface area (Å²) in [5.74, 6) is -1.53. The third kappa shape index (κ3) is 3.69. The van der Waals surface area contributed by atoms with E-state index in [0.717, 1.165) is 11.3 Å². The van der Waals surface area contributed by atoms with Crippen LogP contribution >= 0.6 is 11.3 Å². The van der Waals surface area contributed by atoms with Crippen molar-refractivity contribution in [2.75, 3.05) is 0 Å². The lowest BCUT2D eigenvalue weighted by molar-refractivity contribution is -0.148. The largest absolute Gasteiger partial charge is 0.479 e. The lowest BCUT2D eigenvalue weighted by Gasteiger charge is -2.21. The molecule has 1 heterocycles. The topological polar surface area (TPSA) is 117 Å². The molecule has 0 unspecified atom stereocenters. The van der Waals surface area contributed by atoms with Crippen LogP contribution in [0, 0.1) is 0 Å². The number of carboxylic acids is 1. The molecule has 0 aliphatic heterocycles. The Balaban J connectivity index is 1.98. The van der Waals surface area contributed by atoms with E-state index in [0.29, 0.717) is 15.8 Å². The minimum Gasteiger partial charge on any atom is -0.479 e. The second-order valence-electron chi connectivity index (χ2n) is 5.24. The lowest BCUT2D eigenvalue weighted by atomic mass is 10.0. The van der Waals surface area contributed by atoms with Crippen LogP contribution in [0.2, 0.25) is 0 Å². The number of hydrogen-bond donors (Lipinski definition) is 3. The Labute approximate surface area is 147 Å². The van der Waals surface area contributed by atoms with Gasteiger partial charge in [-0.05, 0) is 17.7 Å². The van der Waals surface area contributed by atoms with Gasteiger partial charge in [0.25, 0.3) is 10.0 Å². The first kappa shape index (κ1) is 17.5. The maximum absolute atomic E-state index is 12.6. The Morgan fingerprint density at radius 1 is 1.08 bits per heavy atom. The van der Waals surface area contributed by atoms with Crippen LogP contribution in [0.5, 0.6) is 0 Å². The molecule has 130 valence electrons. The standard InChI is InChI=1S/C16H14N2O5S2/c19-14(15(20)21)13(10-6-2-1-3-7-10)18-25(22,23)16-17-11-8-4-5-9-12(11)24-16/h1-9,13-14,18-19H,(H,20,21)/t13-,14+/m0/s1. The van der Waals surface area contributed by atoms with E-state index in [1.54, 1.807) is 42.5 Å². The SMILES string of the molecule is O=C(O)[C@H](O)[C@@H](NS(=O)(=O)c1nc2ccccc2s1)c1ccccc1. The van der Waals surface area contributed by atoms with E-state index in [9.17, 15) is 18.3 Å². The molecule has 0 aliphatic rings. The van der Waals surface area contributed by atoms with E-state index in [2.05, 4.69) is 9.71 Å². The van der Waals surface area contributed by atoms with Gasteiger partial charge >= 0.3 is 5.97 Å². The van der Waals surface area contributed by atoms with Gasteiger partial charge in [0.05, 0.1) is 16.3 Å². The number of rotatable bonds is 6. The molecule has 3 rings (SSSR count). The van der Waals surface area contributed by atoms with Crippen LogP contribution in [0.25, 0.3) is 10.2 Å². The number of benzene rings is 2. The predicted molar refractivity (Wildman–Crippen MR) is 92.8 cm³/mol. The number of nitrogens with one attached hydrogen (secondary N) is 1. The number of nitrogens with zero attached hydrogens (tertiary/aromatic N) is 1. The van der Waals surface area contributed by atoms with Gasteiger partial charge in [-0.25, -0.2) is 18.2 Å². The molecule has 1 aromatic heterocycles. The minimum atomic E-state index is -4.11. The lowest BCUT2D eigenvalue weighted by Crippen LogP contribution is -2.40. The molecule has 2 atom stereocenters. The van der Waals surface area contributed by atoms with Crippen molar-refractivity contribution in [3.8, 4) is 0 Å². The van der Waals surface area contributed by atoms with Crippen molar-refractivity contribution in [1.82, 2.24) is 9.71 Å². The molecule has 3 aromatic rings. The molecule has 2 aromatic carbocycles. The van der Waals surface area contributed by atoms with E-state index in [1.165, 1.54) is 12.1 Å². The molecule has 0 fully saturated rings. The molecule has 0 saturated carbocycles. The van der Waals surface area contributed by atoms with Crippen molar-refractivity contribution >= 4 is 37.5 Å². The number of aliphatic hydroxyl groups excluding tert-OH is 1. The third-order valence-corrected chi connectivity index (χ3v) is 6.37. The van der Waals surface area contributed by atoms with Crippen LogP contribution < -0.4 is 4.72 Å². The summed E-state index contributed by atoms with van der Waals surface area (Å²) in [5.41, 5.74) is 0.866. The van der Waals surface area contributed by atoms with E-state index in [-0.39, 0.29) is 4.34 Å². The van der Waals surface area contributed by atoms with Crippen molar-refractivity contribution < 1.29 is 23.4 Å². The quantitative estimate of drug-likeness (QED) is 0.602. The van der Waals surface area contributed by atoms with E-state index < -0.39 is 28.1 Å². The second kappa shape index (κ2) is 6.89. The zero-order valence-corrected chi connectivity index (χ0v) is 14.4. The van der Waals surface area contributed by atoms with E-state index >= 15 is 0 Å². The molecule has 0 aliphatic carbocycles. The van der Waals surface area contributed by atoms with Gasteiger partial charge in [0, 0.05) is 0 Å². The zero-order valence-electron chi connectivity index (χ0n) is 12.7. The minimum absolute atomic E-state index is 0.188. The van der Waals surface area contributed by atoms with E-state index in [1.807, 2.05) is 0 Å². The van der Waals surface area contributed by atoms with Gasteiger partial charge in [-0.1, -0.05) is 42.5 Å². The fourth-order valence-electron chi connectivity index (χ4n) is 2.30. The van der Waals surface area contributed by atoms with Crippen LogP contribution in [0.3, 0.4) is 0 Å². The molecule has 0 amide bonds. The van der Waals surface area contributed by atoms with Crippen molar-refractivity contribution in [3.63, 3.8) is 0 Å². The monoisotopic (exact) mass is 378 g/mol. The molecule has 0 radical (unpaired) electrons. The normalized spacial score (nSPS) is 14.3. The highest BCUT2D eigenvalue weighted by molar-refractivity contribution is 7.91. The first-order valence-electron chi connectivity index (χ1n) is 7.22. The third-order valence-electron chi connectivity index (χ3n) is 3.51. The maximum Gasteiger partial charge on any atom is 0.334 e. The molecule has 25 heavy (non-hydrogen) atoms. The number of carboxylic acid groups (broad SMARTS) is 1. The van der Waals surface area contributed by atoms with Gasteiger partial charge < -0.3 is 10.2 Å². The highest BCUT2D eigenvalue weighted by Crippen LogP contribution is 2.27. The Morgan fingerprint density at radius 2 is 1.72 bits per heavy atom. The summed E-state index contributed by atoms with van der Waals surface area (Å²) in [7, 11) is -4.11. The van der Waals surface area contributed by atoms with Gasteiger partial charge in [0.15, 0.2) is 6.10 Å². The van der Waals surface area contributed by atoms with Crippen LogP contribution in [0.15, 0.2) is 58.9 Å². The Kier molecular flexibility index (Phi) is 4.82. The fourth-order valence-corrected chi connectivity index (χ4v) is 4.77. The maximum atomic E-state index is 12.6. The number of fused-ring (bicyclic) bond motifs is 1. The number of hydrogen-bond acceptors (Lipinski definition) is 6. The average Bonchev–Trinajstić information content (AvgIpc) is 3.05. The Bertz CT molecular complexity index is 969. The summed E-state index contributed by atoms with van der Waals surface area (Å²) in [5, 5.41) is 19.0. The zero-order chi connectivity index (χ0) is 18.0. The first-order chi connectivity index (χ1) is 11.9. The average molecular weight is 378 g/mol. The van der Waals surface area contributed by atoms with Crippen molar-refractivity contribution in [3.05, 3.63) is 60.2 Å². The highest BCUT2D eigenvalue weighted by Gasteiger charge is 2.33. The molecular formula is C16H14N2O5S2. The van der Waals surface area contributed by atoms with Crippen LogP contribution in [-0.2, 0) is 14.8 Å². The van der Waals surface area contributed by atoms with Crippen molar-refractivity contribution in [2.24, 2.45) is 0 Å². The summed E-state index contributed by atoms with van der Waals surface area (Å²) in [6.07, 6.45) is -1.94. The number of thiazole rings is 1. The predicted octanol–water partition coefficient (Wildman–Crippen LogP) is 1.76. The van der Waals surface area contributed by atoms with Crippen LogP contribution in [0.1, 0.15) is 11.6 Å². The Morgan fingerprint density at radius 3 is 2.36 bits per heavy atom. The highest BCUT2D eigenvalue weighted by atomic mass is 32.2. The number of aliphatic hydroxyl groups is 1. The summed E-state index contributed by atoms with van der Waals surface area (Å²) < 4.78 is 28.1. The summed E-state index contributed by atoms with van der Waals surface area (Å²) >= 11 is 0.971. The summed E-state index contributed by atoms with van der Waals surface area (Å²) in [6.45, 7) is 0. The molecule has 7 nitrogen and oxygen atoms in total. The first-order valence-corrected chi connectivity index (χ1v) is 9.52. The smallest absolute Gasteiger partial charge is 0.334 e. The summed E-state index contributed by atoms with van der Waals surface area (Å²) in [4.78, 5) is 15.3. The fraction of sp³-hybridized carbons (Fsp3) is 0.125. The molecule has 0 spiro atoms. The number of aliphatic carboxylic acids is 1. The van der Waals surface area contributed by atoms with Crippen molar-refractivity contribution in [1.29, 1.82) is 0 Å². The van der Waals surface area contributed by atoms with Gasteiger partial charge in [-0.15, -0.1) is 11.3 Å². The number of carbonyl (C=O) groups is 1. The van der Waals surface area contributed by atoms with Gasteiger partial charge in [-0.3, -0.25) is 0 Å². The molecule has 0 saturated heterocycles. The molecular weight excluding hydrogens is 364 g/mol. The van der Waals surface area contributed by atoms with Crippen LogP contribution in [-0.4, -0.2) is 35.7 Å². The Hall–Kier alpha value is -2.33. The number of sulfonamides is 1. The van der Waals surface area contributed by atoms with Gasteiger partial charge in [0.1, 0.15) is 0 Å². The molecule has 3 N–H and O–H groups in total. The van der Waals surface area contributed by atoms with Gasteiger partial charge in [0.2, 0.25) is 4.34 Å². The summed E-state index contributed by atoms with van der Waals surface area (Å²) in [6, 6.07) is 13.6. The molecule has 0 bridgehead atoms. The van der Waals surface area contributed by atoms with E-state index in [4.69, 9.17) is 5.11 Å². The van der Waals surface area contributed by atoms with Gasteiger partial charge in [-0.2, -0.15) is 4.72 Å². The molecule has 9 heteroatoms. The number of aromatic nitrogens is 1. The second-order valence-corrected chi connectivity index (χ2v) is 8.16. The van der Waals surface area contributed by atoms with Crippen molar-refractivity contribution in [2.45, 2.75) is 16.5 Å². The number of para-hydroxylation sites is 1.